The van der Waals surface area contributed by atoms with E-state index in [0.29, 0.717) is 11.7 Å². The van der Waals surface area contributed by atoms with Gasteiger partial charge in [-0.25, -0.2) is 0 Å². The van der Waals surface area contributed by atoms with Crippen molar-refractivity contribution < 1.29 is 4.79 Å². The number of carbonyl (C=O) groups excluding carboxylic acids is 1. The van der Waals surface area contributed by atoms with Crippen molar-refractivity contribution in [3.05, 3.63) is 47.0 Å². The molecule has 3 heterocycles. The molecule has 1 unspecified atom stereocenters. The molecule has 3 aromatic rings. The van der Waals surface area contributed by atoms with Crippen LogP contribution < -0.4 is 4.90 Å². The number of carbonyl (C=O) groups is 1. The van der Waals surface area contributed by atoms with E-state index in [-0.39, 0.29) is 17.9 Å². The first-order chi connectivity index (χ1) is 14.6. The summed E-state index contributed by atoms with van der Waals surface area (Å²) >= 11 is 6.43. The highest BCUT2D eigenvalue weighted by molar-refractivity contribution is 6.31. The van der Waals surface area contributed by atoms with E-state index < -0.39 is 0 Å². The number of benzene rings is 1. The summed E-state index contributed by atoms with van der Waals surface area (Å²) < 4.78 is 1.44. The maximum atomic E-state index is 13.5. The van der Waals surface area contributed by atoms with Crippen LogP contribution in [0.4, 0.5) is 5.82 Å². The summed E-state index contributed by atoms with van der Waals surface area (Å²) in [6.45, 7) is 3.67. The van der Waals surface area contributed by atoms with Crippen molar-refractivity contribution >= 4 is 29.0 Å². The number of anilines is 1. The second kappa shape index (κ2) is 7.83. The predicted molar refractivity (Wildman–Crippen MR) is 113 cm³/mol. The van der Waals surface area contributed by atoms with Crippen molar-refractivity contribution in [3.63, 3.8) is 0 Å². The molecule has 1 saturated heterocycles. The lowest BCUT2D eigenvalue weighted by molar-refractivity contribution is -0.139. The largest absolute Gasteiger partial charge is 0.355 e. The average molecular weight is 426 g/mol. The zero-order valence-corrected chi connectivity index (χ0v) is 17.6. The molecule has 0 radical (unpaired) electrons. The lowest BCUT2D eigenvalue weighted by Gasteiger charge is -2.37. The summed E-state index contributed by atoms with van der Waals surface area (Å²) in [7, 11) is 0. The van der Waals surface area contributed by atoms with Gasteiger partial charge in [-0.1, -0.05) is 29.8 Å². The molecule has 1 aromatic carbocycles. The summed E-state index contributed by atoms with van der Waals surface area (Å²) in [5, 5.41) is 16.6. The zero-order valence-electron chi connectivity index (χ0n) is 16.9. The van der Waals surface area contributed by atoms with Crippen molar-refractivity contribution in [1.29, 1.82) is 0 Å². The third-order valence-electron chi connectivity index (χ3n) is 6.19. The first kappa shape index (κ1) is 19.2. The number of hydrogen-bond donors (Lipinski definition) is 0. The Balaban J connectivity index is 1.28. The van der Waals surface area contributed by atoms with Gasteiger partial charge in [-0.3, -0.25) is 4.79 Å². The molecule has 2 fully saturated rings. The molecule has 156 valence electrons. The molecule has 0 bridgehead atoms. The van der Waals surface area contributed by atoms with E-state index in [1.807, 2.05) is 36.4 Å². The number of nitrogens with zero attached hydrogens (tertiary/aromatic N) is 7. The maximum Gasteiger partial charge on any atom is 0.226 e. The van der Waals surface area contributed by atoms with Crippen LogP contribution in [0.15, 0.2) is 36.4 Å². The van der Waals surface area contributed by atoms with E-state index in [2.05, 4.69) is 37.3 Å². The molecule has 2 aromatic heterocycles. The molecular weight excluding hydrogens is 402 g/mol. The van der Waals surface area contributed by atoms with Crippen LogP contribution in [0.3, 0.4) is 0 Å². The van der Waals surface area contributed by atoms with Crippen LogP contribution in [0.25, 0.3) is 5.65 Å². The van der Waals surface area contributed by atoms with Gasteiger partial charge in [0, 0.05) is 30.1 Å². The molecule has 1 saturated carbocycles. The topological polar surface area (TPSA) is 79.5 Å². The Morgan fingerprint density at radius 3 is 2.63 bits per heavy atom. The quantitative estimate of drug-likeness (QED) is 0.624. The van der Waals surface area contributed by atoms with Gasteiger partial charge in [0.2, 0.25) is 5.91 Å². The summed E-state index contributed by atoms with van der Waals surface area (Å²) in [5.41, 5.74) is 1.65. The first-order valence-electron chi connectivity index (χ1n) is 10.5. The summed E-state index contributed by atoms with van der Waals surface area (Å²) in [5.74, 6) is 1.13. The Kier molecular flexibility index (Phi) is 5.02. The van der Waals surface area contributed by atoms with Crippen LogP contribution in [0, 0.1) is 5.92 Å². The number of aromatic nitrogens is 5. The first-order valence-corrected chi connectivity index (χ1v) is 10.9. The molecule has 9 heteroatoms. The van der Waals surface area contributed by atoms with Crippen LogP contribution >= 0.6 is 11.6 Å². The lowest BCUT2D eigenvalue weighted by atomic mass is 9.93. The molecule has 1 atom stereocenters. The average Bonchev–Trinajstić information content (AvgIpc) is 3.49. The number of halogens is 1. The minimum absolute atomic E-state index is 0.0133. The van der Waals surface area contributed by atoms with Gasteiger partial charge in [0.25, 0.3) is 0 Å². The Bertz CT molecular complexity index is 1060. The second-order valence-electron chi connectivity index (χ2n) is 8.15. The fraction of sp³-hybridized carbons (Fsp3) is 0.476. The van der Waals surface area contributed by atoms with Gasteiger partial charge < -0.3 is 9.80 Å². The van der Waals surface area contributed by atoms with Crippen molar-refractivity contribution in [2.24, 2.45) is 5.92 Å². The molecule has 1 aliphatic heterocycles. The Morgan fingerprint density at radius 2 is 1.90 bits per heavy atom. The van der Waals surface area contributed by atoms with Crippen molar-refractivity contribution in [1.82, 2.24) is 30.2 Å². The minimum atomic E-state index is -0.0133. The molecule has 5 rings (SSSR count). The molecular formula is C21H24ClN7O. The monoisotopic (exact) mass is 425 g/mol. The van der Waals surface area contributed by atoms with Gasteiger partial charge in [0.05, 0.1) is 6.04 Å². The fourth-order valence-corrected chi connectivity index (χ4v) is 4.67. The number of piperidine rings is 1. The van der Waals surface area contributed by atoms with Crippen LogP contribution in [0.5, 0.6) is 0 Å². The Labute approximate surface area is 179 Å². The van der Waals surface area contributed by atoms with Crippen LogP contribution in [-0.2, 0) is 4.79 Å². The van der Waals surface area contributed by atoms with E-state index in [1.54, 1.807) is 0 Å². The van der Waals surface area contributed by atoms with E-state index in [4.69, 9.17) is 11.6 Å². The predicted octanol–water partition coefficient (Wildman–Crippen LogP) is 3.14. The Morgan fingerprint density at radius 1 is 1.13 bits per heavy atom. The number of tetrazole rings is 1. The van der Waals surface area contributed by atoms with Crippen LogP contribution in [0.2, 0.25) is 5.02 Å². The summed E-state index contributed by atoms with van der Waals surface area (Å²) in [6.07, 6.45) is 3.78. The van der Waals surface area contributed by atoms with Crippen LogP contribution in [-0.4, -0.2) is 55.2 Å². The molecule has 8 nitrogen and oxygen atoms in total. The third-order valence-corrected chi connectivity index (χ3v) is 6.54. The zero-order chi connectivity index (χ0) is 20.7. The summed E-state index contributed by atoms with van der Waals surface area (Å²) in [4.78, 5) is 17.8. The highest BCUT2D eigenvalue weighted by atomic mass is 35.5. The van der Waals surface area contributed by atoms with E-state index in [0.717, 1.165) is 55.2 Å². The maximum absolute atomic E-state index is 13.5. The second-order valence-corrected chi connectivity index (χ2v) is 8.56. The summed E-state index contributed by atoms with van der Waals surface area (Å²) in [6, 6.07) is 12.0. The normalized spacial score (nSPS) is 18.5. The van der Waals surface area contributed by atoms with Gasteiger partial charge in [-0.2, -0.15) is 0 Å². The number of rotatable bonds is 5. The molecule has 2 aliphatic rings. The minimum Gasteiger partial charge on any atom is -0.355 e. The highest BCUT2D eigenvalue weighted by Gasteiger charge is 2.40. The lowest BCUT2D eigenvalue weighted by Crippen LogP contribution is -2.44. The van der Waals surface area contributed by atoms with Gasteiger partial charge in [-0.05, 0) is 66.8 Å². The molecule has 0 spiro atoms. The smallest absolute Gasteiger partial charge is 0.226 e. The highest BCUT2D eigenvalue weighted by Crippen LogP contribution is 2.38. The molecule has 0 N–H and O–H groups in total. The number of hydrogen-bond acceptors (Lipinski definition) is 6. The van der Waals surface area contributed by atoms with E-state index >= 15 is 0 Å². The number of fused-ring (bicyclic) bond motifs is 1. The van der Waals surface area contributed by atoms with Gasteiger partial charge in [-0.15, -0.1) is 14.8 Å². The van der Waals surface area contributed by atoms with Crippen molar-refractivity contribution in [3.8, 4) is 0 Å². The Hall–Kier alpha value is -2.74. The molecule has 30 heavy (non-hydrogen) atoms. The van der Waals surface area contributed by atoms with Gasteiger partial charge >= 0.3 is 0 Å². The van der Waals surface area contributed by atoms with Gasteiger partial charge in [0.1, 0.15) is 0 Å². The fourth-order valence-electron chi connectivity index (χ4n) is 4.38. The third kappa shape index (κ3) is 3.60. The SMILES string of the molecule is CC(c1ccccc1Cl)N(C(=O)C1CCN(c2ccc3nnnn3n2)CC1)C1CC1. The van der Waals surface area contributed by atoms with Gasteiger partial charge in [0.15, 0.2) is 11.5 Å². The molecule has 1 aliphatic carbocycles. The molecule has 1 amide bonds. The van der Waals surface area contributed by atoms with E-state index in [1.165, 1.54) is 4.63 Å². The standard InChI is InChI=1S/C21H24ClN7O/c1-14(17-4-2-3-5-18(17)22)28(16-6-7-16)21(30)15-10-12-27(13-11-15)20-9-8-19-23-25-26-29(19)24-20/h2-5,8-9,14-16H,6-7,10-13H2,1H3. The van der Waals surface area contributed by atoms with Crippen molar-refractivity contribution in [2.45, 2.75) is 44.7 Å². The number of amides is 1. The van der Waals surface area contributed by atoms with E-state index in [9.17, 15) is 4.79 Å². The van der Waals surface area contributed by atoms with Crippen LogP contribution in [0.1, 0.15) is 44.2 Å². The van der Waals surface area contributed by atoms with Crippen molar-refractivity contribution in [2.75, 3.05) is 18.0 Å².